The standard InChI is InChI=1S/C26H29FN4O2/c27-22-17-24(25(28)32)26(30-18-22)33-23-6-1-5-21(16-23)20-9-7-19(8-10-20)4-2-13-31-14-3-11-29-12-15-31/h1,5-10,16-18,29H,2-4,11-15H2,(H2,28,32). The summed E-state index contributed by atoms with van der Waals surface area (Å²) in [5, 5.41) is 3.44. The summed E-state index contributed by atoms with van der Waals surface area (Å²) in [6.45, 7) is 5.65. The normalized spacial score (nSPS) is 14.6. The Labute approximate surface area is 193 Å². The Balaban J connectivity index is 1.39. The highest BCUT2D eigenvalue weighted by Crippen LogP contribution is 2.28. The second-order valence-corrected chi connectivity index (χ2v) is 8.25. The van der Waals surface area contributed by atoms with Crippen LogP contribution in [0.5, 0.6) is 11.6 Å². The van der Waals surface area contributed by atoms with E-state index in [1.54, 1.807) is 6.07 Å². The summed E-state index contributed by atoms with van der Waals surface area (Å²) in [5.74, 6) is -0.966. The number of pyridine rings is 1. The molecule has 0 bridgehead atoms. The van der Waals surface area contributed by atoms with Gasteiger partial charge in [-0.15, -0.1) is 0 Å². The van der Waals surface area contributed by atoms with Crippen LogP contribution in [0.1, 0.15) is 28.8 Å². The number of hydrogen-bond donors (Lipinski definition) is 2. The number of aryl methyl sites for hydroxylation is 1. The maximum atomic E-state index is 13.4. The maximum Gasteiger partial charge on any atom is 0.254 e. The smallest absolute Gasteiger partial charge is 0.254 e. The molecule has 0 saturated carbocycles. The third-order valence-corrected chi connectivity index (χ3v) is 5.79. The van der Waals surface area contributed by atoms with Crippen LogP contribution in [-0.2, 0) is 6.42 Å². The molecule has 1 fully saturated rings. The Morgan fingerprint density at radius 3 is 2.76 bits per heavy atom. The molecule has 3 aromatic rings. The third-order valence-electron chi connectivity index (χ3n) is 5.79. The van der Waals surface area contributed by atoms with Gasteiger partial charge in [-0.1, -0.05) is 36.4 Å². The molecule has 0 unspecified atom stereocenters. The van der Waals surface area contributed by atoms with Crippen LogP contribution in [0.25, 0.3) is 11.1 Å². The lowest BCUT2D eigenvalue weighted by Gasteiger charge is -2.19. The van der Waals surface area contributed by atoms with E-state index in [2.05, 4.69) is 39.5 Å². The van der Waals surface area contributed by atoms with Crippen LogP contribution >= 0.6 is 0 Å². The fourth-order valence-corrected chi connectivity index (χ4v) is 4.03. The number of aromatic nitrogens is 1. The predicted molar refractivity (Wildman–Crippen MR) is 127 cm³/mol. The Hall–Kier alpha value is -3.29. The third kappa shape index (κ3) is 6.37. The molecule has 0 radical (unpaired) electrons. The Bertz CT molecular complexity index is 1080. The second kappa shape index (κ2) is 11.0. The van der Waals surface area contributed by atoms with Crippen molar-refractivity contribution in [3.05, 3.63) is 77.7 Å². The summed E-state index contributed by atoms with van der Waals surface area (Å²) < 4.78 is 19.2. The van der Waals surface area contributed by atoms with E-state index >= 15 is 0 Å². The highest BCUT2D eigenvalue weighted by Gasteiger charge is 2.14. The Morgan fingerprint density at radius 2 is 1.94 bits per heavy atom. The van der Waals surface area contributed by atoms with Gasteiger partial charge in [0, 0.05) is 13.1 Å². The summed E-state index contributed by atoms with van der Waals surface area (Å²) in [5.41, 5.74) is 8.58. The van der Waals surface area contributed by atoms with Gasteiger partial charge >= 0.3 is 0 Å². The minimum absolute atomic E-state index is 0.0170. The monoisotopic (exact) mass is 448 g/mol. The van der Waals surface area contributed by atoms with Crippen LogP contribution in [0.2, 0.25) is 0 Å². The fraction of sp³-hybridized carbons (Fsp3) is 0.308. The zero-order chi connectivity index (χ0) is 23.0. The molecule has 0 spiro atoms. The molecule has 0 atom stereocenters. The number of amides is 1. The Kier molecular flexibility index (Phi) is 7.65. The van der Waals surface area contributed by atoms with Crippen molar-refractivity contribution in [2.45, 2.75) is 19.3 Å². The SMILES string of the molecule is NC(=O)c1cc(F)cnc1Oc1cccc(-c2ccc(CCCN3CCCNCC3)cc2)c1. The lowest BCUT2D eigenvalue weighted by molar-refractivity contribution is 0.0997. The van der Waals surface area contributed by atoms with Crippen LogP contribution in [0.4, 0.5) is 4.39 Å². The summed E-state index contributed by atoms with van der Waals surface area (Å²) in [6, 6.07) is 17.0. The van der Waals surface area contributed by atoms with Crippen molar-refractivity contribution in [1.82, 2.24) is 15.2 Å². The predicted octanol–water partition coefficient (Wildman–Crippen LogP) is 4.01. The first-order chi connectivity index (χ1) is 16.1. The van der Waals surface area contributed by atoms with E-state index in [-0.39, 0.29) is 11.4 Å². The van der Waals surface area contributed by atoms with Gasteiger partial charge in [0.2, 0.25) is 5.88 Å². The van der Waals surface area contributed by atoms with Gasteiger partial charge in [-0.25, -0.2) is 9.37 Å². The van der Waals surface area contributed by atoms with Gasteiger partial charge in [0.15, 0.2) is 0 Å². The van der Waals surface area contributed by atoms with Crippen LogP contribution in [0.15, 0.2) is 60.8 Å². The van der Waals surface area contributed by atoms with E-state index in [0.29, 0.717) is 5.75 Å². The van der Waals surface area contributed by atoms with Gasteiger partial charge in [0.05, 0.1) is 6.20 Å². The number of ether oxygens (including phenoxy) is 1. The number of benzene rings is 2. The van der Waals surface area contributed by atoms with E-state index in [0.717, 1.165) is 62.4 Å². The van der Waals surface area contributed by atoms with Gasteiger partial charge < -0.3 is 20.7 Å². The van der Waals surface area contributed by atoms with E-state index in [1.807, 2.05) is 18.2 Å². The first kappa shape index (κ1) is 22.9. The van der Waals surface area contributed by atoms with Crippen molar-refractivity contribution in [1.29, 1.82) is 0 Å². The molecular weight excluding hydrogens is 419 g/mol. The summed E-state index contributed by atoms with van der Waals surface area (Å²) in [4.78, 5) is 18.0. The average molecular weight is 449 g/mol. The zero-order valence-corrected chi connectivity index (χ0v) is 18.6. The number of nitrogens with zero attached hydrogens (tertiary/aromatic N) is 2. The van der Waals surface area contributed by atoms with E-state index < -0.39 is 11.7 Å². The van der Waals surface area contributed by atoms with E-state index in [4.69, 9.17) is 10.5 Å². The first-order valence-corrected chi connectivity index (χ1v) is 11.3. The number of hydrogen-bond acceptors (Lipinski definition) is 5. The molecule has 1 amide bonds. The Morgan fingerprint density at radius 1 is 1.09 bits per heavy atom. The molecule has 3 N–H and O–H groups in total. The molecule has 6 nitrogen and oxygen atoms in total. The van der Waals surface area contributed by atoms with Crippen molar-refractivity contribution >= 4 is 5.91 Å². The average Bonchev–Trinajstić information content (AvgIpc) is 3.10. The van der Waals surface area contributed by atoms with Crippen molar-refractivity contribution in [3.8, 4) is 22.8 Å². The number of nitrogens with one attached hydrogen (secondary N) is 1. The van der Waals surface area contributed by atoms with Gasteiger partial charge in [0.25, 0.3) is 5.91 Å². The molecule has 1 saturated heterocycles. The first-order valence-electron chi connectivity index (χ1n) is 11.3. The molecule has 7 heteroatoms. The van der Waals surface area contributed by atoms with Crippen LogP contribution in [-0.4, -0.2) is 48.5 Å². The largest absolute Gasteiger partial charge is 0.438 e. The molecule has 33 heavy (non-hydrogen) atoms. The molecule has 0 aliphatic carbocycles. The number of primary amides is 1. The molecular formula is C26H29FN4O2. The van der Waals surface area contributed by atoms with Crippen molar-refractivity contribution in [2.75, 3.05) is 32.7 Å². The summed E-state index contributed by atoms with van der Waals surface area (Å²) in [7, 11) is 0. The minimum atomic E-state index is -0.795. The lowest BCUT2D eigenvalue weighted by atomic mass is 10.0. The number of nitrogens with two attached hydrogens (primary N) is 1. The van der Waals surface area contributed by atoms with Gasteiger partial charge in [0.1, 0.15) is 17.1 Å². The number of halogens is 1. The molecule has 2 heterocycles. The number of rotatable bonds is 8. The topological polar surface area (TPSA) is 80.5 Å². The maximum absolute atomic E-state index is 13.4. The highest BCUT2D eigenvalue weighted by atomic mass is 19.1. The molecule has 1 aliphatic heterocycles. The van der Waals surface area contributed by atoms with Crippen molar-refractivity contribution in [3.63, 3.8) is 0 Å². The second-order valence-electron chi connectivity index (χ2n) is 8.25. The van der Waals surface area contributed by atoms with E-state index in [9.17, 15) is 9.18 Å². The number of carbonyl (C=O) groups is 1. The number of carbonyl (C=O) groups excluding carboxylic acids is 1. The molecule has 1 aromatic heterocycles. The minimum Gasteiger partial charge on any atom is -0.438 e. The fourth-order valence-electron chi connectivity index (χ4n) is 4.03. The van der Waals surface area contributed by atoms with Gasteiger partial charge in [-0.2, -0.15) is 0 Å². The molecule has 172 valence electrons. The summed E-state index contributed by atoms with van der Waals surface area (Å²) in [6.07, 6.45) is 4.42. The van der Waals surface area contributed by atoms with Gasteiger partial charge in [-0.3, -0.25) is 4.79 Å². The van der Waals surface area contributed by atoms with Crippen molar-refractivity contribution < 1.29 is 13.9 Å². The highest BCUT2D eigenvalue weighted by molar-refractivity contribution is 5.95. The zero-order valence-electron chi connectivity index (χ0n) is 18.6. The van der Waals surface area contributed by atoms with E-state index in [1.165, 1.54) is 18.5 Å². The van der Waals surface area contributed by atoms with Gasteiger partial charge in [-0.05, 0) is 73.8 Å². The molecule has 1 aliphatic rings. The molecule has 2 aromatic carbocycles. The van der Waals surface area contributed by atoms with Crippen LogP contribution in [0.3, 0.4) is 0 Å². The van der Waals surface area contributed by atoms with Crippen molar-refractivity contribution in [2.24, 2.45) is 5.73 Å². The molecule has 4 rings (SSSR count). The van der Waals surface area contributed by atoms with Crippen LogP contribution in [0, 0.1) is 5.82 Å². The summed E-state index contributed by atoms with van der Waals surface area (Å²) >= 11 is 0. The van der Waals surface area contributed by atoms with Crippen LogP contribution < -0.4 is 15.8 Å². The quantitative estimate of drug-likeness (QED) is 0.544. The lowest BCUT2D eigenvalue weighted by Crippen LogP contribution is -2.29.